The summed E-state index contributed by atoms with van der Waals surface area (Å²) in [6.07, 6.45) is 1.54. The minimum atomic E-state index is -3.60. The summed E-state index contributed by atoms with van der Waals surface area (Å²) in [4.78, 5) is 2.21. The van der Waals surface area contributed by atoms with Gasteiger partial charge in [-0.1, -0.05) is 47.5 Å². The molecular weight excluding hydrogens is 419 g/mol. The van der Waals surface area contributed by atoms with Gasteiger partial charge in [-0.25, -0.2) is 13.1 Å². The SMILES string of the molecule is O=S(=O)(/C=C/c1ccc(Cl)cc1)NCC(c1cccc(Cl)c1)N1CCOCC1. The van der Waals surface area contributed by atoms with Crippen LogP contribution in [0.5, 0.6) is 0 Å². The van der Waals surface area contributed by atoms with E-state index in [4.69, 9.17) is 27.9 Å². The highest BCUT2D eigenvalue weighted by molar-refractivity contribution is 7.92. The number of hydrogen-bond acceptors (Lipinski definition) is 4. The van der Waals surface area contributed by atoms with Gasteiger partial charge < -0.3 is 4.74 Å². The second-order valence-corrected chi connectivity index (χ2v) is 8.99. The standard InChI is InChI=1S/C20H22Cl2N2O3S/c21-18-6-4-16(5-7-18)8-13-28(25,26)23-15-20(24-9-11-27-12-10-24)17-2-1-3-19(22)14-17/h1-8,13-14,20,23H,9-12,15H2/b13-8+. The van der Waals surface area contributed by atoms with Crippen molar-refractivity contribution >= 4 is 39.3 Å². The van der Waals surface area contributed by atoms with Crippen LogP contribution in [0.25, 0.3) is 6.08 Å². The lowest BCUT2D eigenvalue weighted by Crippen LogP contribution is -2.43. The van der Waals surface area contributed by atoms with Gasteiger partial charge in [0, 0.05) is 41.1 Å². The molecule has 2 aromatic carbocycles. The predicted molar refractivity (Wildman–Crippen MR) is 114 cm³/mol. The van der Waals surface area contributed by atoms with Crippen LogP contribution in [0, 0.1) is 0 Å². The maximum absolute atomic E-state index is 12.5. The number of hydrogen-bond donors (Lipinski definition) is 1. The molecule has 28 heavy (non-hydrogen) atoms. The predicted octanol–water partition coefficient (Wildman–Crippen LogP) is 3.96. The van der Waals surface area contributed by atoms with Crippen molar-refractivity contribution in [2.24, 2.45) is 0 Å². The minimum absolute atomic E-state index is 0.124. The molecule has 1 aliphatic heterocycles. The summed E-state index contributed by atoms with van der Waals surface area (Å²) in [5, 5.41) is 2.40. The molecule has 1 N–H and O–H groups in total. The van der Waals surface area contributed by atoms with E-state index in [2.05, 4.69) is 9.62 Å². The number of halogens is 2. The summed E-state index contributed by atoms with van der Waals surface area (Å²) in [5.41, 5.74) is 1.73. The molecule has 1 aliphatic rings. The zero-order valence-electron chi connectivity index (χ0n) is 15.2. The molecule has 0 radical (unpaired) electrons. The normalized spacial score (nSPS) is 17.1. The van der Waals surface area contributed by atoms with E-state index in [0.717, 1.165) is 24.2 Å². The minimum Gasteiger partial charge on any atom is -0.379 e. The Morgan fingerprint density at radius 1 is 1.07 bits per heavy atom. The van der Waals surface area contributed by atoms with Gasteiger partial charge in [0.1, 0.15) is 0 Å². The van der Waals surface area contributed by atoms with Gasteiger partial charge in [0.05, 0.1) is 13.2 Å². The molecule has 1 unspecified atom stereocenters. The van der Waals surface area contributed by atoms with Crippen molar-refractivity contribution in [1.29, 1.82) is 0 Å². The molecule has 2 aromatic rings. The van der Waals surface area contributed by atoms with Crippen molar-refractivity contribution in [3.05, 3.63) is 75.1 Å². The van der Waals surface area contributed by atoms with E-state index in [1.54, 1.807) is 36.4 Å². The number of nitrogens with one attached hydrogen (secondary N) is 1. The maximum atomic E-state index is 12.5. The van der Waals surface area contributed by atoms with Gasteiger partial charge in [-0.15, -0.1) is 0 Å². The van der Waals surface area contributed by atoms with Gasteiger partial charge in [0.25, 0.3) is 0 Å². The lowest BCUT2D eigenvalue weighted by atomic mass is 10.1. The monoisotopic (exact) mass is 440 g/mol. The topological polar surface area (TPSA) is 58.6 Å². The number of benzene rings is 2. The Kier molecular flexibility index (Phi) is 7.51. The average molecular weight is 441 g/mol. The zero-order chi connectivity index (χ0) is 20.0. The molecule has 0 aliphatic carbocycles. The van der Waals surface area contributed by atoms with Crippen molar-refractivity contribution in [1.82, 2.24) is 9.62 Å². The second kappa shape index (κ2) is 9.87. The molecule has 3 rings (SSSR count). The Labute approximate surface area is 176 Å². The number of rotatable bonds is 7. The van der Waals surface area contributed by atoms with Gasteiger partial charge in [-0.2, -0.15) is 0 Å². The number of ether oxygens (including phenoxy) is 1. The third kappa shape index (κ3) is 6.30. The van der Waals surface area contributed by atoms with Crippen LogP contribution < -0.4 is 4.72 Å². The molecule has 0 saturated carbocycles. The highest BCUT2D eigenvalue weighted by atomic mass is 35.5. The van der Waals surface area contributed by atoms with E-state index < -0.39 is 10.0 Å². The Morgan fingerprint density at radius 3 is 2.46 bits per heavy atom. The van der Waals surface area contributed by atoms with E-state index >= 15 is 0 Å². The molecule has 5 nitrogen and oxygen atoms in total. The Bertz CT molecular complexity index is 911. The van der Waals surface area contributed by atoms with Gasteiger partial charge in [0.2, 0.25) is 10.0 Å². The van der Waals surface area contributed by atoms with Crippen molar-refractivity contribution < 1.29 is 13.2 Å². The Hall–Kier alpha value is -1.41. The molecule has 8 heteroatoms. The van der Waals surface area contributed by atoms with Crippen LogP contribution >= 0.6 is 23.2 Å². The van der Waals surface area contributed by atoms with Gasteiger partial charge in [-0.3, -0.25) is 4.90 Å². The summed E-state index contributed by atoms with van der Waals surface area (Å²) in [7, 11) is -3.60. The summed E-state index contributed by atoms with van der Waals surface area (Å²) in [5.74, 6) is 0. The first kappa shape index (κ1) is 21.3. The van der Waals surface area contributed by atoms with Crippen LogP contribution in [0.2, 0.25) is 10.0 Å². The smallest absolute Gasteiger partial charge is 0.233 e. The largest absolute Gasteiger partial charge is 0.379 e. The van der Waals surface area contributed by atoms with Crippen molar-refractivity contribution in [3.63, 3.8) is 0 Å². The molecule has 1 saturated heterocycles. The number of morpholine rings is 1. The molecular formula is C20H22Cl2N2O3S. The van der Waals surface area contributed by atoms with E-state index in [9.17, 15) is 8.42 Å². The second-order valence-electron chi connectivity index (χ2n) is 6.47. The van der Waals surface area contributed by atoms with Crippen LogP contribution in [-0.2, 0) is 14.8 Å². The highest BCUT2D eigenvalue weighted by Gasteiger charge is 2.24. The molecule has 1 fully saturated rings. The molecule has 0 amide bonds. The summed E-state index contributed by atoms with van der Waals surface area (Å²) in [6.45, 7) is 2.97. The number of nitrogens with zero attached hydrogens (tertiary/aromatic N) is 1. The summed E-state index contributed by atoms with van der Waals surface area (Å²) in [6, 6.07) is 14.3. The Balaban J connectivity index is 1.72. The molecule has 0 spiro atoms. The third-order valence-corrected chi connectivity index (χ3v) is 6.06. The zero-order valence-corrected chi connectivity index (χ0v) is 17.6. The molecule has 1 heterocycles. The fraction of sp³-hybridized carbons (Fsp3) is 0.300. The molecule has 0 aromatic heterocycles. The molecule has 1 atom stereocenters. The van der Waals surface area contributed by atoms with Gasteiger partial charge in [-0.05, 0) is 41.5 Å². The van der Waals surface area contributed by atoms with Crippen LogP contribution in [0.4, 0.5) is 0 Å². The third-order valence-electron chi connectivity index (χ3n) is 4.51. The molecule has 0 bridgehead atoms. The fourth-order valence-corrected chi connectivity index (χ4v) is 4.19. The van der Waals surface area contributed by atoms with Crippen LogP contribution in [-0.4, -0.2) is 46.2 Å². The fourth-order valence-electron chi connectivity index (χ4n) is 3.05. The first-order chi connectivity index (χ1) is 13.4. The van der Waals surface area contributed by atoms with E-state index in [1.165, 1.54) is 5.41 Å². The molecule has 150 valence electrons. The highest BCUT2D eigenvalue weighted by Crippen LogP contribution is 2.24. The van der Waals surface area contributed by atoms with Gasteiger partial charge >= 0.3 is 0 Å². The van der Waals surface area contributed by atoms with Crippen molar-refractivity contribution in [2.75, 3.05) is 32.8 Å². The lowest BCUT2D eigenvalue weighted by molar-refractivity contribution is 0.0172. The summed E-state index contributed by atoms with van der Waals surface area (Å²) >= 11 is 12.0. The van der Waals surface area contributed by atoms with Gasteiger partial charge in [0.15, 0.2) is 0 Å². The van der Waals surface area contributed by atoms with E-state index in [-0.39, 0.29) is 12.6 Å². The van der Waals surface area contributed by atoms with Crippen molar-refractivity contribution in [3.8, 4) is 0 Å². The van der Waals surface area contributed by atoms with Crippen LogP contribution in [0.3, 0.4) is 0 Å². The van der Waals surface area contributed by atoms with E-state index in [1.807, 2.05) is 18.2 Å². The number of sulfonamides is 1. The van der Waals surface area contributed by atoms with E-state index in [0.29, 0.717) is 23.3 Å². The first-order valence-electron chi connectivity index (χ1n) is 8.93. The van der Waals surface area contributed by atoms with Crippen LogP contribution in [0.15, 0.2) is 53.9 Å². The first-order valence-corrected chi connectivity index (χ1v) is 11.2. The summed E-state index contributed by atoms with van der Waals surface area (Å²) < 4.78 is 33.0. The average Bonchev–Trinajstić information content (AvgIpc) is 2.69. The lowest BCUT2D eigenvalue weighted by Gasteiger charge is -2.34. The quantitative estimate of drug-likeness (QED) is 0.707. The maximum Gasteiger partial charge on any atom is 0.233 e. The van der Waals surface area contributed by atoms with Crippen molar-refractivity contribution in [2.45, 2.75) is 6.04 Å². The van der Waals surface area contributed by atoms with Crippen LogP contribution in [0.1, 0.15) is 17.2 Å². The Morgan fingerprint density at radius 2 is 1.79 bits per heavy atom.